The minimum absolute atomic E-state index is 0. The van der Waals surface area contributed by atoms with Gasteiger partial charge in [0.05, 0.1) is 5.92 Å². The summed E-state index contributed by atoms with van der Waals surface area (Å²) in [6, 6.07) is 0. The Morgan fingerprint density at radius 2 is 1.60 bits per heavy atom. The third kappa shape index (κ3) is 4.42. The van der Waals surface area contributed by atoms with Gasteiger partial charge in [0.15, 0.2) is 0 Å². The predicted molar refractivity (Wildman–Crippen MR) is 43.1 cm³/mol. The van der Waals surface area contributed by atoms with E-state index >= 15 is 0 Å². The van der Waals surface area contributed by atoms with Crippen LogP contribution in [-0.4, -0.2) is 49.3 Å². The molecule has 0 fully saturated rings. The molecule has 0 aliphatic rings. The van der Waals surface area contributed by atoms with Gasteiger partial charge < -0.3 is 2.85 Å². The molecule has 0 aromatic heterocycles. The van der Waals surface area contributed by atoms with Crippen LogP contribution < -0.4 is 0 Å². The maximum absolute atomic E-state index is 10.6. The zero-order valence-corrected chi connectivity index (χ0v) is 9.02. The van der Waals surface area contributed by atoms with Crippen molar-refractivity contribution in [3.63, 3.8) is 0 Å². The molecule has 10 heavy (non-hydrogen) atoms. The van der Waals surface area contributed by atoms with E-state index < -0.39 is 0 Å². The first kappa shape index (κ1) is 13.2. The molecule has 0 N–H and O–H groups in total. The van der Waals surface area contributed by atoms with Crippen molar-refractivity contribution in [2.75, 3.05) is 0 Å². The van der Waals surface area contributed by atoms with Crippen LogP contribution in [0.1, 0.15) is 30.0 Å². The predicted octanol–water partition coefficient (Wildman–Crippen LogP) is 1.03. The van der Waals surface area contributed by atoms with E-state index in [2.05, 4.69) is 0 Å². The molecule has 0 unspecified atom stereocenters. The van der Waals surface area contributed by atoms with Crippen LogP contribution in [0.5, 0.6) is 0 Å². The van der Waals surface area contributed by atoms with Crippen molar-refractivity contribution in [1.82, 2.24) is 0 Å². The van der Waals surface area contributed by atoms with Crippen molar-refractivity contribution in [3.8, 4) is 0 Å². The van der Waals surface area contributed by atoms with Gasteiger partial charge >= 0.3 is 37.7 Å². The van der Waals surface area contributed by atoms with Crippen LogP contribution in [0, 0.1) is 5.92 Å². The first-order valence-electron chi connectivity index (χ1n) is 3.10. The summed E-state index contributed by atoms with van der Waals surface area (Å²) in [6.07, 6.45) is 0.630. The molecule has 0 radical (unpaired) electrons. The maximum atomic E-state index is 10.6. The second-order valence-corrected chi connectivity index (χ2v) is 2.18. The Labute approximate surface area is 94.3 Å². The average molecular weight is 170 g/mol. The van der Waals surface area contributed by atoms with Crippen molar-refractivity contribution >= 4 is 49.3 Å². The normalized spacial score (nSPS) is 8.80. The Balaban J connectivity index is -0.000000107. The molecule has 0 aliphatic carbocycles. The zero-order chi connectivity index (χ0) is 7.44. The van der Waals surface area contributed by atoms with Gasteiger partial charge in [-0.05, 0) is 20.3 Å². The Kier molecular flexibility index (Phi) is 8.35. The molecule has 56 valence electrons. The minimum atomic E-state index is -0.356. The summed E-state index contributed by atoms with van der Waals surface area (Å²) in [5.74, 6) is -0.403. The Morgan fingerprint density at radius 1 is 1.30 bits per heavy atom. The molecule has 0 aromatic rings. The van der Waals surface area contributed by atoms with E-state index in [-0.39, 0.29) is 58.1 Å². The monoisotopic (exact) mass is 170 g/mol. The van der Waals surface area contributed by atoms with E-state index in [9.17, 15) is 9.59 Å². The maximum Gasteiger partial charge on any atom is 2.00 e. The van der Waals surface area contributed by atoms with E-state index in [1.165, 1.54) is 13.8 Å². The van der Waals surface area contributed by atoms with Gasteiger partial charge in [0, 0.05) is 0 Å². The topological polar surface area (TPSA) is 34.1 Å². The molecule has 0 atom stereocenters. The number of Topliss-reactive ketones (excluding diaryl/α,β-unsaturated/α-hetero) is 2. The van der Waals surface area contributed by atoms with Gasteiger partial charge in [-0.2, -0.15) is 0 Å². The van der Waals surface area contributed by atoms with Crippen LogP contribution >= 0.6 is 0 Å². The third-order valence-corrected chi connectivity index (χ3v) is 1.39. The molecule has 0 aliphatic heterocycles. The summed E-state index contributed by atoms with van der Waals surface area (Å²) < 4.78 is 0. The number of ketones is 2. The molecule has 0 aromatic carbocycles. The van der Waals surface area contributed by atoms with Crippen molar-refractivity contribution in [2.45, 2.75) is 27.2 Å². The molecular weight excluding hydrogens is 156 g/mol. The van der Waals surface area contributed by atoms with Gasteiger partial charge in [-0.15, -0.1) is 0 Å². The van der Waals surface area contributed by atoms with E-state index in [1.54, 1.807) is 0 Å². The summed E-state index contributed by atoms with van der Waals surface area (Å²) in [5.41, 5.74) is 0. The van der Waals surface area contributed by atoms with Gasteiger partial charge in [0.25, 0.3) is 0 Å². The molecule has 2 nitrogen and oxygen atoms in total. The number of hydrogen-bond acceptors (Lipinski definition) is 2. The Bertz CT molecular complexity index is 125. The second kappa shape index (κ2) is 6.32. The summed E-state index contributed by atoms with van der Waals surface area (Å²) in [6.45, 7) is 4.75. The molecule has 0 saturated heterocycles. The SMILES string of the molecule is CCC(C(C)=O)C(C)=O.[Ca+2].[H-].[H-]. The molecule has 0 amide bonds. The van der Waals surface area contributed by atoms with Gasteiger partial charge in [-0.3, -0.25) is 9.59 Å². The quantitative estimate of drug-likeness (QED) is 0.468. The molecular formula is C7H14CaO2. The van der Waals surface area contributed by atoms with Crippen LogP contribution in [0.2, 0.25) is 0 Å². The van der Waals surface area contributed by atoms with Crippen LogP contribution in [0.15, 0.2) is 0 Å². The first-order valence-corrected chi connectivity index (χ1v) is 3.10. The van der Waals surface area contributed by atoms with Crippen LogP contribution in [0.3, 0.4) is 0 Å². The molecule has 0 bridgehead atoms. The molecule has 0 saturated carbocycles. The van der Waals surface area contributed by atoms with E-state index in [0.717, 1.165) is 0 Å². The van der Waals surface area contributed by atoms with Crippen molar-refractivity contribution < 1.29 is 12.4 Å². The van der Waals surface area contributed by atoms with E-state index in [1.807, 2.05) is 6.92 Å². The van der Waals surface area contributed by atoms with Crippen molar-refractivity contribution in [3.05, 3.63) is 0 Å². The van der Waals surface area contributed by atoms with Crippen molar-refractivity contribution in [1.29, 1.82) is 0 Å². The Hall–Kier alpha value is 0.600. The van der Waals surface area contributed by atoms with Crippen molar-refractivity contribution in [2.24, 2.45) is 5.92 Å². The van der Waals surface area contributed by atoms with E-state index in [4.69, 9.17) is 0 Å². The summed E-state index contributed by atoms with van der Waals surface area (Å²) >= 11 is 0. The largest absolute Gasteiger partial charge is 2.00 e. The van der Waals surface area contributed by atoms with Crippen LogP contribution in [0.4, 0.5) is 0 Å². The van der Waals surface area contributed by atoms with E-state index in [0.29, 0.717) is 6.42 Å². The molecule has 0 spiro atoms. The minimum Gasteiger partial charge on any atom is -1.00 e. The first-order chi connectivity index (χ1) is 4.09. The number of rotatable bonds is 3. The van der Waals surface area contributed by atoms with Gasteiger partial charge in [-0.25, -0.2) is 0 Å². The van der Waals surface area contributed by atoms with Crippen LogP contribution in [-0.2, 0) is 9.59 Å². The smallest absolute Gasteiger partial charge is 1.00 e. The zero-order valence-electron chi connectivity index (χ0n) is 8.81. The number of hydrogen-bond donors (Lipinski definition) is 0. The summed E-state index contributed by atoms with van der Waals surface area (Å²) in [4.78, 5) is 21.2. The fourth-order valence-electron chi connectivity index (χ4n) is 0.861. The number of carbonyl (C=O) groups is 2. The molecule has 3 heteroatoms. The van der Waals surface area contributed by atoms with Crippen LogP contribution in [0.25, 0.3) is 0 Å². The number of carbonyl (C=O) groups excluding carboxylic acids is 2. The average Bonchev–Trinajstić information content (AvgIpc) is 1.64. The molecule has 0 heterocycles. The fraction of sp³-hybridized carbons (Fsp3) is 0.714. The standard InChI is InChI=1S/C7H12O2.Ca.2H/c1-4-7(5(2)8)6(3)9;;;/h7H,4H2,1-3H3;;;/q;+2;2*-1. The van der Waals surface area contributed by atoms with Gasteiger partial charge in [0.2, 0.25) is 0 Å². The summed E-state index contributed by atoms with van der Waals surface area (Å²) in [7, 11) is 0. The Morgan fingerprint density at radius 3 is 1.60 bits per heavy atom. The van der Waals surface area contributed by atoms with Gasteiger partial charge in [-0.1, -0.05) is 6.92 Å². The van der Waals surface area contributed by atoms with Gasteiger partial charge in [0.1, 0.15) is 11.6 Å². The summed E-state index contributed by atoms with van der Waals surface area (Å²) in [5, 5.41) is 0. The second-order valence-electron chi connectivity index (χ2n) is 2.18. The fourth-order valence-corrected chi connectivity index (χ4v) is 0.861. The third-order valence-electron chi connectivity index (χ3n) is 1.39. The molecule has 0 rings (SSSR count).